The highest BCUT2D eigenvalue weighted by molar-refractivity contribution is 14.1. The van der Waals surface area contributed by atoms with E-state index in [2.05, 4.69) is 22.6 Å². The molecule has 2 aromatic carbocycles. The number of anilines is 1. The van der Waals surface area contributed by atoms with E-state index >= 15 is 0 Å². The van der Waals surface area contributed by atoms with E-state index in [-0.39, 0.29) is 11.3 Å². The fourth-order valence-corrected chi connectivity index (χ4v) is 2.29. The summed E-state index contributed by atoms with van der Waals surface area (Å²) < 4.78 is 6.06. The number of carbonyl (C=O) groups is 2. The lowest BCUT2D eigenvalue weighted by Crippen LogP contribution is -2.26. The molecule has 0 radical (unpaired) electrons. The molecule has 1 amide bonds. The summed E-state index contributed by atoms with van der Waals surface area (Å²) in [5.74, 6) is -1.42. The van der Waals surface area contributed by atoms with Crippen molar-refractivity contribution >= 4 is 40.2 Å². The van der Waals surface area contributed by atoms with Crippen LogP contribution in [-0.2, 0) is 9.53 Å². The van der Waals surface area contributed by atoms with E-state index in [1.54, 1.807) is 48.5 Å². The third-order valence-corrected chi connectivity index (χ3v) is 3.49. The van der Waals surface area contributed by atoms with Crippen molar-refractivity contribution in [3.63, 3.8) is 0 Å². The molecule has 108 valence electrons. The van der Waals surface area contributed by atoms with Gasteiger partial charge in [0.25, 0.3) is 5.91 Å². The van der Waals surface area contributed by atoms with Gasteiger partial charge < -0.3 is 16.2 Å². The largest absolute Gasteiger partial charge is 0.444 e. The molecule has 0 spiro atoms. The Morgan fingerprint density at radius 3 is 2.38 bits per heavy atom. The number of nitrogens with two attached hydrogens (primary N) is 2. The van der Waals surface area contributed by atoms with Crippen LogP contribution in [0, 0.1) is 3.57 Å². The molecular weight excluding hydrogens is 383 g/mol. The lowest BCUT2D eigenvalue weighted by atomic mass is 10.1. The van der Waals surface area contributed by atoms with E-state index in [9.17, 15) is 9.59 Å². The van der Waals surface area contributed by atoms with Gasteiger partial charge in [0.05, 0.1) is 5.56 Å². The van der Waals surface area contributed by atoms with Crippen molar-refractivity contribution in [1.82, 2.24) is 0 Å². The molecule has 0 aromatic heterocycles. The summed E-state index contributed by atoms with van der Waals surface area (Å²) in [4.78, 5) is 23.7. The van der Waals surface area contributed by atoms with Crippen molar-refractivity contribution in [3.05, 3.63) is 63.2 Å². The lowest BCUT2D eigenvalue weighted by molar-refractivity contribution is -0.127. The first kappa shape index (κ1) is 15.3. The summed E-state index contributed by atoms with van der Waals surface area (Å²) in [6.07, 6.45) is -1.14. The fourth-order valence-electron chi connectivity index (χ4n) is 1.79. The van der Waals surface area contributed by atoms with Gasteiger partial charge in [-0.3, -0.25) is 4.79 Å². The van der Waals surface area contributed by atoms with Crippen LogP contribution in [0.2, 0.25) is 0 Å². The van der Waals surface area contributed by atoms with Crippen LogP contribution >= 0.6 is 22.6 Å². The molecule has 1 atom stereocenters. The zero-order valence-corrected chi connectivity index (χ0v) is 13.1. The first-order valence-electron chi connectivity index (χ1n) is 6.09. The van der Waals surface area contributed by atoms with Crippen LogP contribution in [0.5, 0.6) is 0 Å². The van der Waals surface area contributed by atoms with Crippen LogP contribution in [0.1, 0.15) is 22.0 Å². The predicted molar refractivity (Wildman–Crippen MR) is 87.4 cm³/mol. The molecule has 5 nitrogen and oxygen atoms in total. The maximum absolute atomic E-state index is 12.2. The van der Waals surface area contributed by atoms with Gasteiger partial charge in [0.15, 0.2) is 0 Å². The quantitative estimate of drug-likeness (QED) is 0.471. The van der Waals surface area contributed by atoms with Crippen LogP contribution in [0.4, 0.5) is 5.69 Å². The maximum atomic E-state index is 12.2. The highest BCUT2D eigenvalue weighted by Crippen LogP contribution is 2.22. The van der Waals surface area contributed by atoms with E-state index in [0.717, 1.165) is 3.57 Å². The Morgan fingerprint density at radius 1 is 1.10 bits per heavy atom. The topological polar surface area (TPSA) is 95.4 Å². The molecule has 0 aliphatic rings. The predicted octanol–water partition coefficient (Wildman–Crippen LogP) is 2.26. The first-order valence-corrected chi connectivity index (χ1v) is 7.17. The second-order valence-electron chi connectivity index (χ2n) is 4.33. The average molecular weight is 396 g/mol. The van der Waals surface area contributed by atoms with E-state index < -0.39 is 18.0 Å². The van der Waals surface area contributed by atoms with Gasteiger partial charge in [0.2, 0.25) is 6.10 Å². The Morgan fingerprint density at radius 2 is 1.76 bits per heavy atom. The normalized spacial score (nSPS) is 11.7. The van der Waals surface area contributed by atoms with Crippen molar-refractivity contribution in [2.75, 3.05) is 5.73 Å². The Kier molecular flexibility index (Phi) is 4.79. The SMILES string of the molecule is NC(=O)C(OC(=O)c1cc(I)ccc1N)c1ccccc1. The summed E-state index contributed by atoms with van der Waals surface area (Å²) >= 11 is 2.06. The minimum absolute atomic E-state index is 0.212. The number of esters is 1. The van der Waals surface area contributed by atoms with Gasteiger partial charge in [-0.25, -0.2) is 4.79 Å². The Bertz CT molecular complexity index is 674. The molecule has 21 heavy (non-hydrogen) atoms. The number of ether oxygens (including phenoxy) is 1. The molecule has 0 saturated heterocycles. The molecule has 0 saturated carbocycles. The molecule has 6 heteroatoms. The minimum atomic E-state index is -1.14. The summed E-state index contributed by atoms with van der Waals surface area (Å²) in [6, 6.07) is 13.6. The molecule has 0 fully saturated rings. The first-order chi connectivity index (χ1) is 9.99. The number of hydrogen-bond donors (Lipinski definition) is 2. The maximum Gasteiger partial charge on any atom is 0.341 e. The Hall–Kier alpha value is -2.09. The third kappa shape index (κ3) is 3.72. The van der Waals surface area contributed by atoms with Crippen LogP contribution < -0.4 is 11.5 Å². The van der Waals surface area contributed by atoms with E-state index in [0.29, 0.717) is 5.56 Å². The molecule has 0 aliphatic carbocycles. The summed E-state index contributed by atoms with van der Waals surface area (Å²) in [6.45, 7) is 0. The summed E-state index contributed by atoms with van der Waals surface area (Å²) in [7, 11) is 0. The van der Waals surface area contributed by atoms with Gasteiger partial charge in [0, 0.05) is 14.8 Å². The van der Waals surface area contributed by atoms with Crippen molar-refractivity contribution in [1.29, 1.82) is 0 Å². The number of primary amides is 1. The smallest absolute Gasteiger partial charge is 0.341 e. The number of hydrogen-bond acceptors (Lipinski definition) is 4. The van der Waals surface area contributed by atoms with E-state index in [4.69, 9.17) is 16.2 Å². The van der Waals surface area contributed by atoms with Gasteiger partial charge in [0.1, 0.15) is 0 Å². The molecule has 1 unspecified atom stereocenters. The summed E-state index contributed by atoms with van der Waals surface area (Å²) in [5, 5.41) is 0. The number of benzene rings is 2. The number of halogens is 1. The highest BCUT2D eigenvalue weighted by atomic mass is 127. The Balaban J connectivity index is 2.27. The monoisotopic (exact) mass is 396 g/mol. The number of amides is 1. The van der Waals surface area contributed by atoms with E-state index in [1.165, 1.54) is 0 Å². The number of rotatable bonds is 4. The van der Waals surface area contributed by atoms with Crippen molar-refractivity contribution < 1.29 is 14.3 Å². The number of carbonyl (C=O) groups excluding carboxylic acids is 2. The third-order valence-electron chi connectivity index (χ3n) is 2.82. The fraction of sp³-hybridized carbons (Fsp3) is 0.0667. The Labute approximate surface area is 135 Å². The van der Waals surface area contributed by atoms with Gasteiger partial charge >= 0.3 is 5.97 Å². The summed E-state index contributed by atoms with van der Waals surface area (Å²) in [5.41, 5.74) is 12.1. The zero-order valence-electron chi connectivity index (χ0n) is 11.0. The van der Waals surface area contributed by atoms with Gasteiger partial charge in [-0.1, -0.05) is 30.3 Å². The van der Waals surface area contributed by atoms with E-state index in [1.807, 2.05) is 0 Å². The van der Waals surface area contributed by atoms with Crippen molar-refractivity contribution in [2.45, 2.75) is 6.10 Å². The molecule has 0 heterocycles. The molecular formula is C15H13IN2O3. The van der Waals surface area contributed by atoms with Crippen LogP contribution in [0.25, 0.3) is 0 Å². The standard InChI is InChI=1S/C15H13IN2O3/c16-10-6-7-12(17)11(8-10)15(20)21-13(14(18)19)9-4-2-1-3-5-9/h1-8,13H,17H2,(H2,18,19). The highest BCUT2D eigenvalue weighted by Gasteiger charge is 2.24. The van der Waals surface area contributed by atoms with Crippen molar-refractivity contribution in [2.24, 2.45) is 5.73 Å². The second-order valence-corrected chi connectivity index (χ2v) is 5.58. The average Bonchev–Trinajstić information content (AvgIpc) is 2.47. The van der Waals surface area contributed by atoms with Crippen LogP contribution in [0.3, 0.4) is 0 Å². The molecule has 4 N–H and O–H groups in total. The number of nitrogen functional groups attached to an aromatic ring is 1. The van der Waals surface area contributed by atoms with Crippen molar-refractivity contribution in [3.8, 4) is 0 Å². The second kappa shape index (κ2) is 6.57. The molecule has 2 rings (SSSR count). The molecule has 0 bridgehead atoms. The molecule has 2 aromatic rings. The minimum Gasteiger partial charge on any atom is -0.444 e. The zero-order chi connectivity index (χ0) is 15.4. The van der Waals surface area contributed by atoms with Crippen LogP contribution in [0.15, 0.2) is 48.5 Å². The van der Waals surface area contributed by atoms with Gasteiger partial charge in [-0.15, -0.1) is 0 Å². The molecule has 0 aliphatic heterocycles. The van der Waals surface area contributed by atoms with Gasteiger partial charge in [-0.05, 0) is 40.8 Å². The van der Waals surface area contributed by atoms with Gasteiger partial charge in [-0.2, -0.15) is 0 Å². The lowest BCUT2D eigenvalue weighted by Gasteiger charge is -2.15. The van der Waals surface area contributed by atoms with Crippen LogP contribution in [-0.4, -0.2) is 11.9 Å².